The standard InChI is InChI=1S/C17H19NO3/c1-3-21-13-9-7-12(8-10-13)18-16(19)14-6-4-5-11(2)15(14)17(18)20/h4-5,7-11,14-15H,3,6H2,1-2H3/t11-,14+,15-/m1/s1. The van der Waals surface area contributed by atoms with Crippen molar-refractivity contribution in [3.63, 3.8) is 0 Å². The predicted molar refractivity (Wildman–Crippen MR) is 80.0 cm³/mol. The summed E-state index contributed by atoms with van der Waals surface area (Å²) in [5, 5.41) is 0. The summed E-state index contributed by atoms with van der Waals surface area (Å²) in [6, 6.07) is 7.14. The Hall–Kier alpha value is -2.10. The van der Waals surface area contributed by atoms with Gasteiger partial charge in [-0.25, -0.2) is 0 Å². The lowest BCUT2D eigenvalue weighted by molar-refractivity contribution is -0.122. The normalized spacial score (nSPS) is 27.9. The molecule has 1 heterocycles. The molecule has 4 heteroatoms. The summed E-state index contributed by atoms with van der Waals surface area (Å²) in [5.41, 5.74) is 0.634. The first kappa shape index (κ1) is 13.9. The molecule has 1 aliphatic carbocycles. The number of rotatable bonds is 3. The molecular weight excluding hydrogens is 266 g/mol. The van der Waals surface area contributed by atoms with Crippen molar-refractivity contribution in [2.75, 3.05) is 11.5 Å². The monoisotopic (exact) mass is 285 g/mol. The Bertz CT molecular complexity index is 591. The van der Waals surface area contributed by atoms with Gasteiger partial charge in [-0.15, -0.1) is 0 Å². The zero-order chi connectivity index (χ0) is 15.0. The number of anilines is 1. The molecule has 3 atom stereocenters. The fourth-order valence-corrected chi connectivity index (χ4v) is 3.26. The molecule has 21 heavy (non-hydrogen) atoms. The first-order valence-corrected chi connectivity index (χ1v) is 7.40. The van der Waals surface area contributed by atoms with Gasteiger partial charge in [-0.1, -0.05) is 19.1 Å². The highest BCUT2D eigenvalue weighted by molar-refractivity contribution is 6.22. The summed E-state index contributed by atoms with van der Waals surface area (Å²) in [6.45, 7) is 4.51. The van der Waals surface area contributed by atoms with E-state index in [1.54, 1.807) is 24.3 Å². The Morgan fingerprint density at radius 1 is 1.19 bits per heavy atom. The van der Waals surface area contributed by atoms with Gasteiger partial charge in [0.05, 0.1) is 24.1 Å². The van der Waals surface area contributed by atoms with E-state index >= 15 is 0 Å². The van der Waals surface area contributed by atoms with Crippen molar-refractivity contribution in [1.82, 2.24) is 0 Å². The van der Waals surface area contributed by atoms with Crippen molar-refractivity contribution < 1.29 is 14.3 Å². The first-order chi connectivity index (χ1) is 10.1. The van der Waals surface area contributed by atoms with Crippen LogP contribution in [-0.4, -0.2) is 18.4 Å². The average Bonchev–Trinajstić information content (AvgIpc) is 2.74. The van der Waals surface area contributed by atoms with Crippen molar-refractivity contribution in [1.29, 1.82) is 0 Å². The predicted octanol–water partition coefficient (Wildman–Crippen LogP) is 2.79. The maximum absolute atomic E-state index is 12.6. The molecule has 2 aliphatic rings. The first-order valence-electron chi connectivity index (χ1n) is 7.40. The smallest absolute Gasteiger partial charge is 0.238 e. The number of fused-ring (bicyclic) bond motifs is 1. The minimum atomic E-state index is -0.214. The van der Waals surface area contributed by atoms with Gasteiger partial charge in [0.25, 0.3) is 0 Å². The topological polar surface area (TPSA) is 46.6 Å². The van der Waals surface area contributed by atoms with Gasteiger partial charge < -0.3 is 4.74 Å². The van der Waals surface area contributed by atoms with Crippen LogP contribution in [0.4, 0.5) is 5.69 Å². The molecule has 4 nitrogen and oxygen atoms in total. The summed E-state index contributed by atoms with van der Waals surface area (Å²) in [6.07, 6.45) is 4.71. The third-order valence-corrected chi connectivity index (χ3v) is 4.28. The Kier molecular flexibility index (Phi) is 3.53. The van der Waals surface area contributed by atoms with Gasteiger partial charge in [-0.3, -0.25) is 14.5 Å². The molecule has 1 aliphatic heterocycles. The maximum atomic E-state index is 12.6. The van der Waals surface area contributed by atoms with Crippen LogP contribution in [-0.2, 0) is 9.59 Å². The number of imide groups is 1. The van der Waals surface area contributed by atoms with E-state index in [9.17, 15) is 9.59 Å². The number of benzene rings is 1. The second-order valence-corrected chi connectivity index (χ2v) is 5.59. The number of amides is 2. The molecule has 0 unspecified atom stereocenters. The highest BCUT2D eigenvalue weighted by Crippen LogP contribution is 2.40. The van der Waals surface area contributed by atoms with Gasteiger partial charge in [0, 0.05) is 0 Å². The molecule has 0 N–H and O–H groups in total. The van der Waals surface area contributed by atoms with Gasteiger partial charge in [0.1, 0.15) is 5.75 Å². The van der Waals surface area contributed by atoms with Crippen LogP contribution >= 0.6 is 0 Å². The lowest BCUT2D eigenvalue weighted by atomic mass is 9.78. The minimum Gasteiger partial charge on any atom is -0.494 e. The second-order valence-electron chi connectivity index (χ2n) is 5.59. The lowest BCUT2D eigenvalue weighted by Gasteiger charge is -2.22. The van der Waals surface area contributed by atoms with E-state index in [1.165, 1.54) is 4.90 Å². The van der Waals surface area contributed by atoms with E-state index in [2.05, 4.69) is 0 Å². The minimum absolute atomic E-state index is 0.0778. The molecular formula is C17H19NO3. The molecule has 3 rings (SSSR count). The summed E-state index contributed by atoms with van der Waals surface area (Å²) in [5.74, 6) is 0.287. The molecule has 1 aromatic carbocycles. The highest BCUT2D eigenvalue weighted by atomic mass is 16.5. The number of carbonyl (C=O) groups is 2. The van der Waals surface area contributed by atoms with Crippen LogP contribution in [0.5, 0.6) is 5.75 Å². The van der Waals surface area contributed by atoms with Crippen molar-refractivity contribution in [2.24, 2.45) is 17.8 Å². The zero-order valence-electron chi connectivity index (χ0n) is 12.3. The number of allylic oxidation sites excluding steroid dienone is 2. The molecule has 2 amide bonds. The van der Waals surface area contributed by atoms with Gasteiger partial charge in [0.2, 0.25) is 11.8 Å². The number of nitrogens with zero attached hydrogens (tertiary/aromatic N) is 1. The Balaban J connectivity index is 1.89. The van der Waals surface area contributed by atoms with Crippen LogP contribution in [0.2, 0.25) is 0 Å². The molecule has 0 saturated carbocycles. The number of ether oxygens (including phenoxy) is 1. The number of hydrogen-bond donors (Lipinski definition) is 0. The van der Waals surface area contributed by atoms with Gasteiger partial charge >= 0.3 is 0 Å². The van der Waals surface area contributed by atoms with Gasteiger partial charge in [0.15, 0.2) is 0 Å². The molecule has 0 aromatic heterocycles. The molecule has 110 valence electrons. The van der Waals surface area contributed by atoms with E-state index < -0.39 is 0 Å². The molecule has 0 spiro atoms. The van der Waals surface area contributed by atoms with E-state index in [0.717, 1.165) is 5.75 Å². The van der Waals surface area contributed by atoms with E-state index in [0.29, 0.717) is 18.7 Å². The van der Waals surface area contributed by atoms with Crippen LogP contribution in [0.15, 0.2) is 36.4 Å². The lowest BCUT2D eigenvalue weighted by Crippen LogP contribution is -2.31. The summed E-state index contributed by atoms with van der Waals surface area (Å²) < 4.78 is 5.39. The van der Waals surface area contributed by atoms with Crippen LogP contribution in [0.1, 0.15) is 20.3 Å². The third kappa shape index (κ3) is 2.24. The van der Waals surface area contributed by atoms with E-state index in [-0.39, 0.29) is 29.6 Å². The Labute approximate surface area is 124 Å². The number of hydrogen-bond acceptors (Lipinski definition) is 3. The average molecular weight is 285 g/mol. The van der Waals surface area contributed by atoms with Crippen molar-refractivity contribution in [2.45, 2.75) is 20.3 Å². The summed E-state index contributed by atoms with van der Waals surface area (Å²) in [7, 11) is 0. The molecule has 1 aromatic rings. The number of carbonyl (C=O) groups excluding carboxylic acids is 2. The maximum Gasteiger partial charge on any atom is 0.238 e. The summed E-state index contributed by atoms with van der Waals surface area (Å²) >= 11 is 0. The molecule has 1 saturated heterocycles. The SMILES string of the molecule is CCOc1ccc(N2C(=O)[C@@H]3[C@H](C)C=CC[C@@H]3C2=O)cc1. The van der Waals surface area contributed by atoms with Crippen LogP contribution in [0.25, 0.3) is 0 Å². The van der Waals surface area contributed by atoms with Gasteiger partial charge in [-0.2, -0.15) is 0 Å². The largest absolute Gasteiger partial charge is 0.494 e. The van der Waals surface area contributed by atoms with Crippen molar-refractivity contribution >= 4 is 17.5 Å². The fourth-order valence-electron chi connectivity index (χ4n) is 3.26. The molecule has 1 fully saturated rings. The molecule has 0 radical (unpaired) electrons. The third-order valence-electron chi connectivity index (χ3n) is 4.28. The van der Waals surface area contributed by atoms with Crippen LogP contribution in [0.3, 0.4) is 0 Å². The van der Waals surface area contributed by atoms with Crippen molar-refractivity contribution in [3.8, 4) is 5.75 Å². The van der Waals surface area contributed by atoms with Crippen LogP contribution < -0.4 is 9.64 Å². The van der Waals surface area contributed by atoms with E-state index in [1.807, 2.05) is 26.0 Å². The van der Waals surface area contributed by atoms with Gasteiger partial charge in [-0.05, 0) is 43.5 Å². The van der Waals surface area contributed by atoms with Crippen molar-refractivity contribution in [3.05, 3.63) is 36.4 Å². The zero-order valence-corrected chi connectivity index (χ0v) is 12.3. The highest BCUT2D eigenvalue weighted by Gasteiger charge is 2.50. The van der Waals surface area contributed by atoms with Crippen LogP contribution in [0, 0.1) is 17.8 Å². The quantitative estimate of drug-likeness (QED) is 0.633. The summed E-state index contributed by atoms with van der Waals surface area (Å²) in [4.78, 5) is 26.5. The van der Waals surface area contributed by atoms with E-state index in [4.69, 9.17) is 4.74 Å². The molecule has 0 bridgehead atoms. The Morgan fingerprint density at radius 2 is 1.90 bits per heavy atom. The fraction of sp³-hybridized carbons (Fsp3) is 0.412. The Morgan fingerprint density at radius 3 is 2.52 bits per heavy atom. The second kappa shape index (κ2) is 5.35.